The van der Waals surface area contributed by atoms with Gasteiger partial charge in [-0.25, -0.2) is 9.00 Å². The molecule has 1 aromatic rings. The summed E-state index contributed by atoms with van der Waals surface area (Å²) in [6.07, 6.45) is -2.25. The molecule has 1 heterocycles. The van der Waals surface area contributed by atoms with Crippen molar-refractivity contribution in [3.05, 3.63) is 42.5 Å². The number of hydrogen-bond acceptors (Lipinski definition) is 6. The monoisotopic (exact) mass is 530 g/mol. The fraction of sp³-hybridized carbons (Fsp3) is 0.389. The molecule has 0 aromatic heterocycles. The van der Waals surface area contributed by atoms with Gasteiger partial charge in [-0.2, -0.15) is 0 Å². The molecule has 170 valence electrons. The average Bonchev–Trinajstić information content (AvgIpc) is 2.66. The van der Waals surface area contributed by atoms with Crippen molar-refractivity contribution in [3.8, 4) is 5.75 Å². The summed E-state index contributed by atoms with van der Waals surface area (Å²) in [5.74, 6) is -2.39. The second-order valence-electron chi connectivity index (χ2n) is 6.52. The van der Waals surface area contributed by atoms with Crippen LogP contribution in [0.2, 0.25) is 0 Å². The van der Waals surface area contributed by atoms with E-state index in [0.29, 0.717) is 5.75 Å². The molecule has 31 heavy (non-hydrogen) atoms. The number of para-hydroxylation sites is 1. The summed E-state index contributed by atoms with van der Waals surface area (Å²) in [6.45, 7) is 4.64. The number of β-lactam (4-membered cyclic amide) rings is 1. The van der Waals surface area contributed by atoms with Crippen molar-refractivity contribution < 1.29 is 28.1 Å². The van der Waals surface area contributed by atoms with E-state index >= 15 is 0 Å². The molecule has 2 amide bonds. The van der Waals surface area contributed by atoms with E-state index in [2.05, 4.69) is 11.9 Å². The van der Waals surface area contributed by atoms with E-state index in [1.807, 2.05) is 0 Å². The minimum Gasteiger partial charge on any atom is -0.476 e. The Hall–Kier alpha value is -1.52. The Bertz CT molecular complexity index is 880. The van der Waals surface area contributed by atoms with Crippen molar-refractivity contribution in [2.45, 2.75) is 29.0 Å². The van der Waals surface area contributed by atoms with Crippen molar-refractivity contribution >= 4 is 73.3 Å². The predicted octanol–water partition coefficient (Wildman–Crippen LogP) is 2.48. The smallest absolute Gasteiger partial charge is 0.333 e. The van der Waals surface area contributed by atoms with Crippen LogP contribution in [0.15, 0.2) is 42.5 Å². The van der Waals surface area contributed by atoms with Gasteiger partial charge in [0.2, 0.25) is 15.8 Å². The lowest BCUT2D eigenvalue weighted by Crippen LogP contribution is -2.76. The number of carbonyl (C=O) groups excluding carboxylic acids is 3. The Morgan fingerprint density at radius 3 is 2.42 bits per heavy atom. The van der Waals surface area contributed by atoms with Crippen LogP contribution < -0.4 is 10.1 Å². The van der Waals surface area contributed by atoms with Gasteiger partial charge in [0.05, 0.1) is 0 Å². The van der Waals surface area contributed by atoms with E-state index < -0.39 is 62.3 Å². The summed E-state index contributed by atoms with van der Waals surface area (Å²) in [4.78, 5) is 38.7. The molecular weight excluding hydrogens is 514 g/mol. The van der Waals surface area contributed by atoms with E-state index in [-0.39, 0.29) is 5.57 Å². The number of nitrogens with one attached hydrogen (secondary N) is 1. The molecule has 1 N–H and O–H groups in total. The third-order valence-electron chi connectivity index (χ3n) is 3.99. The zero-order valence-electron chi connectivity index (χ0n) is 16.1. The molecular formula is C18H18Cl4N2O6S. The van der Waals surface area contributed by atoms with Crippen molar-refractivity contribution in [1.29, 1.82) is 0 Å². The lowest BCUT2D eigenvalue weighted by molar-refractivity contribution is -0.179. The number of hydrogen-bond donors (Lipinski definition) is 1. The van der Waals surface area contributed by atoms with Gasteiger partial charge in [0.1, 0.15) is 28.1 Å². The average molecular weight is 532 g/mol. The maximum Gasteiger partial charge on any atom is 0.333 e. The van der Waals surface area contributed by atoms with Crippen LogP contribution in [0, 0.1) is 0 Å². The maximum atomic E-state index is 12.9. The van der Waals surface area contributed by atoms with Crippen LogP contribution in [0.5, 0.6) is 5.75 Å². The zero-order chi connectivity index (χ0) is 23.3. The quantitative estimate of drug-likeness (QED) is 0.173. The fourth-order valence-electron chi connectivity index (χ4n) is 2.77. The molecule has 1 aliphatic rings. The molecule has 1 aliphatic heterocycles. The first kappa shape index (κ1) is 25.7. The van der Waals surface area contributed by atoms with Gasteiger partial charge in [-0.15, -0.1) is 0 Å². The molecule has 4 atom stereocenters. The molecule has 0 spiro atoms. The van der Waals surface area contributed by atoms with Crippen LogP contribution in [-0.4, -0.2) is 61.4 Å². The van der Waals surface area contributed by atoms with Gasteiger partial charge in [-0.3, -0.25) is 14.5 Å². The third kappa shape index (κ3) is 7.25. The number of halogens is 4. The first-order valence-electron chi connectivity index (χ1n) is 8.67. The SMILES string of the molecule is C=C(C)C(C(=O)OCC(Cl)(Cl)Cl)N1C(=O)C(Oc2ccccc2)C1NC(=O)CS(=O)Cl. The number of alkyl halides is 3. The molecule has 1 aromatic carbocycles. The minimum absolute atomic E-state index is 0.237. The number of likely N-dealkylation sites (tertiary alicyclic amines) is 1. The number of rotatable bonds is 9. The van der Waals surface area contributed by atoms with E-state index in [4.69, 9.17) is 55.0 Å². The van der Waals surface area contributed by atoms with E-state index in [1.165, 1.54) is 6.92 Å². The van der Waals surface area contributed by atoms with Crippen molar-refractivity contribution in [3.63, 3.8) is 0 Å². The second-order valence-corrected chi connectivity index (χ2v) is 10.9. The zero-order valence-corrected chi connectivity index (χ0v) is 19.9. The Morgan fingerprint density at radius 1 is 1.29 bits per heavy atom. The highest BCUT2D eigenvalue weighted by Crippen LogP contribution is 2.31. The van der Waals surface area contributed by atoms with Crippen LogP contribution in [0.3, 0.4) is 0 Å². The normalized spacial score (nSPS) is 20.3. The van der Waals surface area contributed by atoms with Gasteiger partial charge in [0.25, 0.3) is 5.91 Å². The number of carbonyl (C=O) groups is 3. The van der Waals surface area contributed by atoms with Gasteiger partial charge in [0.15, 0.2) is 12.2 Å². The standard InChI is InChI=1S/C18H18Cl4N2O6S/c1-10(2)13(17(27)29-9-18(19,20)21)24-15(23-12(25)8-31(22)28)14(16(24)26)30-11-6-4-3-5-7-11/h3-7,13-15H,1,8-9H2,2H3,(H,23,25). The van der Waals surface area contributed by atoms with Crippen molar-refractivity contribution in [1.82, 2.24) is 10.2 Å². The number of esters is 1. The van der Waals surface area contributed by atoms with Gasteiger partial charge in [-0.1, -0.05) is 59.6 Å². The van der Waals surface area contributed by atoms with Crippen LogP contribution in [-0.2, 0) is 29.1 Å². The van der Waals surface area contributed by atoms with Crippen LogP contribution in [0.25, 0.3) is 0 Å². The van der Waals surface area contributed by atoms with Crippen LogP contribution in [0.4, 0.5) is 0 Å². The van der Waals surface area contributed by atoms with Gasteiger partial charge < -0.3 is 14.8 Å². The molecule has 1 fully saturated rings. The highest BCUT2D eigenvalue weighted by atomic mass is 35.7. The summed E-state index contributed by atoms with van der Waals surface area (Å²) in [7, 11) is 3.43. The predicted molar refractivity (Wildman–Crippen MR) is 118 cm³/mol. The summed E-state index contributed by atoms with van der Waals surface area (Å²) in [6, 6.07) is 7.11. The molecule has 0 saturated carbocycles. The molecule has 0 bridgehead atoms. The summed E-state index contributed by atoms with van der Waals surface area (Å²) < 4.78 is 20.0. The third-order valence-corrected chi connectivity index (χ3v) is 5.13. The van der Waals surface area contributed by atoms with E-state index in [0.717, 1.165) is 4.90 Å². The first-order valence-corrected chi connectivity index (χ1v) is 11.9. The largest absolute Gasteiger partial charge is 0.476 e. The molecule has 1 saturated heterocycles. The molecule has 4 unspecified atom stereocenters. The number of amides is 2. The number of ether oxygens (including phenoxy) is 2. The summed E-state index contributed by atoms with van der Waals surface area (Å²) in [5, 5.41) is 2.50. The Labute approximate surface area is 200 Å². The van der Waals surface area contributed by atoms with Gasteiger partial charge >= 0.3 is 5.97 Å². The lowest BCUT2D eigenvalue weighted by Gasteiger charge is -2.49. The van der Waals surface area contributed by atoms with E-state index in [1.54, 1.807) is 30.3 Å². The van der Waals surface area contributed by atoms with E-state index in [9.17, 15) is 18.6 Å². The topological polar surface area (TPSA) is 102 Å². The summed E-state index contributed by atoms with van der Waals surface area (Å²) >= 11 is 16.8. The number of nitrogens with zero attached hydrogens (tertiary/aromatic N) is 1. The minimum atomic E-state index is -1.94. The molecule has 13 heteroatoms. The Morgan fingerprint density at radius 2 is 1.90 bits per heavy atom. The maximum absolute atomic E-state index is 12.9. The second kappa shape index (κ2) is 10.9. The molecule has 0 aliphatic carbocycles. The number of benzene rings is 1. The van der Waals surface area contributed by atoms with Crippen LogP contribution in [0.1, 0.15) is 6.92 Å². The Kier molecular flexibility index (Phi) is 9.03. The van der Waals surface area contributed by atoms with Crippen molar-refractivity contribution in [2.75, 3.05) is 12.4 Å². The highest BCUT2D eigenvalue weighted by Gasteiger charge is 2.55. The first-order chi connectivity index (χ1) is 14.4. The lowest BCUT2D eigenvalue weighted by atomic mass is 9.97. The molecule has 8 nitrogen and oxygen atoms in total. The molecule has 0 radical (unpaired) electrons. The van der Waals surface area contributed by atoms with Crippen LogP contribution >= 0.6 is 45.5 Å². The van der Waals surface area contributed by atoms with Gasteiger partial charge in [-0.05, 0) is 35.3 Å². The highest BCUT2D eigenvalue weighted by molar-refractivity contribution is 8.08. The van der Waals surface area contributed by atoms with Crippen molar-refractivity contribution in [2.24, 2.45) is 0 Å². The summed E-state index contributed by atoms with van der Waals surface area (Å²) in [5.41, 5.74) is 0.237. The fourth-order valence-corrected chi connectivity index (χ4v) is 3.52. The molecule has 2 rings (SSSR count). The Balaban J connectivity index is 2.26. The van der Waals surface area contributed by atoms with Gasteiger partial charge in [0, 0.05) is 0 Å².